The van der Waals surface area contributed by atoms with Gasteiger partial charge in [-0.15, -0.1) is 11.3 Å². The third kappa shape index (κ3) is 3.58. The lowest BCUT2D eigenvalue weighted by molar-refractivity contribution is 0.0615. The molecular formula is C15H18N4O3S. The van der Waals surface area contributed by atoms with Crippen LogP contribution in [0.15, 0.2) is 18.3 Å². The molecule has 2 N–H and O–H groups in total. The van der Waals surface area contributed by atoms with E-state index in [1.54, 1.807) is 12.3 Å². The Kier molecular flexibility index (Phi) is 4.71. The molecule has 2 aromatic heterocycles. The van der Waals surface area contributed by atoms with Gasteiger partial charge in [-0.1, -0.05) is 19.3 Å². The molecule has 0 spiro atoms. The first-order chi connectivity index (χ1) is 11.1. The van der Waals surface area contributed by atoms with E-state index >= 15 is 0 Å². The summed E-state index contributed by atoms with van der Waals surface area (Å²) in [4.78, 5) is 26.4. The van der Waals surface area contributed by atoms with Crippen LogP contribution in [0.1, 0.15) is 57.1 Å². The number of H-pyrrole nitrogens is 1. The normalized spacial score (nSPS) is 15.5. The zero-order chi connectivity index (χ0) is 16.2. The largest absolute Gasteiger partial charge is 0.477 e. The third-order valence-electron chi connectivity index (χ3n) is 4.10. The van der Waals surface area contributed by atoms with Crippen LogP contribution in [0.3, 0.4) is 0 Å². The molecule has 0 radical (unpaired) electrons. The Morgan fingerprint density at radius 1 is 1.26 bits per heavy atom. The van der Waals surface area contributed by atoms with Crippen LogP contribution in [0.4, 0.5) is 0 Å². The lowest BCUT2D eigenvalue weighted by atomic mass is 9.94. The third-order valence-corrected chi connectivity index (χ3v) is 5.16. The molecule has 2 heterocycles. The maximum atomic E-state index is 12.9. The molecule has 0 aromatic carbocycles. The number of thiophene rings is 1. The Hall–Kier alpha value is -2.22. The molecule has 8 heteroatoms. The highest BCUT2D eigenvalue weighted by molar-refractivity contribution is 7.15. The van der Waals surface area contributed by atoms with E-state index in [2.05, 4.69) is 15.4 Å². The summed E-state index contributed by atoms with van der Waals surface area (Å²) in [5.74, 6) is -1.13. The highest BCUT2D eigenvalue weighted by Gasteiger charge is 2.28. The number of nitrogens with one attached hydrogen (secondary N) is 1. The summed E-state index contributed by atoms with van der Waals surface area (Å²) in [5.41, 5.74) is 0.707. The molecule has 3 rings (SSSR count). The molecule has 1 aliphatic rings. The van der Waals surface area contributed by atoms with Crippen molar-refractivity contribution in [2.45, 2.75) is 44.7 Å². The van der Waals surface area contributed by atoms with E-state index in [0.717, 1.165) is 37.0 Å². The predicted molar refractivity (Wildman–Crippen MR) is 84.4 cm³/mol. The number of aromatic amines is 1. The van der Waals surface area contributed by atoms with E-state index in [1.165, 1.54) is 12.5 Å². The van der Waals surface area contributed by atoms with Crippen molar-refractivity contribution in [3.63, 3.8) is 0 Å². The zero-order valence-electron chi connectivity index (χ0n) is 12.6. The summed E-state index contributed by atoms with van der Waals surface area (Å²) in [6.45, 7) is 0.389. The number of nitrogens with zero attached hydrogens (tertiary/aromatic N) is 3. The smallest absolute Gasteiger partial charge is 0.345 e. The quantitative estimate of drug-likeness (QED) is 0.875. The lowest BCUT2D eigenvalue weighted by Crippen LogP contribution is -2.40. The second kappa shape index (κ2) is 6.91. The predicted octanol–water partition coefficient (Wildman–Crippen LogP) is 2.54. The van der Waals surface area contributed by atoms with Crippen LogP contribution in [0.5, 0.6) is 0 Å². The van der Waals surface area contributed by atoms with Crippen LogP contribution in [0, 0.1) is 0 Å². The highest BCUT2D eigenvalue weighted by atomic mass is 32.1. The number of hydrogen-bond acceptors (Lipinski definition) is 5. The van der Waals surface area contributed by atoms with Crippen molar-refractivity contribution in [3.8, 4) is 0 Å². The highest BCUT2D eigenvalue weighted by Crippen LogP contribution is 2.27. The lowest BCUT2D eigenvalue weighted by Gasteiger charge is -2.33. The second-order valence-corrected chi connectivity index (χ2v) is 6.74. The first kappa shape index (κ1) is 15.7. The summed E-state index contributed by atoms with van der Waals surface area (Å²) >= 11 is 1.02. The van der Waals surface area contributed by atoms with Crippen LogP contribution >= 0.6 is 11.3 Å². The van der Waals surface area contributed by atoms with Crippen LogP contribution in [0.2, 0.25) is 0 Å². The number of carboxylic acids is 1. The number of amides is 1. The molecule has 23 heavy (non-hydrogen) atoms. The van der Waals surface area contributed by atoms with Crippen molar-refractivity contribution in [1.29, 1.82) is 0 Å². The molecule has 1 fully saturated rings. The molecule has 1 saturated carbocycles. The SMILES string of the molecule is O=C(O)c1ccc(C(=O)N(Cc2cn[nH]n2)C2CCCCC2)s1. The van der Waals surface area contributed by atoms with E-state index in [0.29, 0.717) is 17.1 Å². The molecule has 1 amide bonds. The fraction of sp³-hybridized carbons (Fsp3) is 0.467. The van der Waals surface area contributed by atoms with Gasteiger partial charge in [0.1, 0.15) is 10.6 Å². The van der Waals surface area contributed by atoms with Gasteiger partial charge in [0.15, 0.2) is 0 Å². The molecular weight excluding hydrogens is 316 g/mol. The van der Waals surface area contributed by atoms with Crippen molar-refractivity contribution in [3.05, 3.63) is 33.8 Å². The Bertz CT molecular complexity index is 677. The first-order valence-electron chi connectivity index (χ1n) is 7.64. The molecule has 2 aromatic rings. The van der Waals surface area contributed by atoms with E-state index < -0.39 is 5.97 Å². The van der Waals surface area contributed by atoms with Gasteiger partial charge in [0, 0.05) is 6.04 Å². The summed E-state index contributed by atoms with van der Waals surface area (Å²) in [5, 5.41) is 19.4. The van der Waals surface area contributed by atoms with Gasteiger partial charge in [-0.05, 0) is 25.0 Å². The fourth-order valence-corrected chi connectivity index (χ4v) is 3.75. The summed E-state index contributed by atoms with van der Waals surface area (Å²) < 4.78 is 0. The van der Waals surface area contributed by atoms with E-state index in [-0.39, 0.29) is 16.8 Å². The van der Waals surface area contributed by atoms with Crippen molar-refractivity contribution in [2.75, 3.05) is 0 Å². The summed E-state index contributed by atoms with van der Waals surface area (Å²) in [6.07, 6.45) is 6.97. The maximum absolute atomic E-state index is 12.9. The first-order valence-corrected chi connectivity index (χ1v) is 8.45. The average molecular weight is 334 g/mol. The topological polar surface area (TPSA) is 99.2 Å². The van der Waals surface area contributed by atoms with Gasteiger partial charge in [-0.3, -0.25) is 4.79 Å². The number of carboxylic acid groups (broad SMARTS) is 1. The van der Waals surface area contributed by atoms with Crippen LogP contribution < -0.4 is 0 Å². The number of hydrogen-bond donors (Lipinski definition) is 2. The zero-order valence-corrected chi connectivity index (χ0v) is 13.4. The number of carbonyl (C=O) groups excluding carboxylic acids is 1. The fourth-order valence-electron chi connectivity index (χ4n) is 2.94. The van der Waals surface area contributed by atoms with E-state index in [9.17, 15) is 9.59 Å². The Labute approximate surface area is 137 Å². The maximum Gasteiger partial charge on any atom is 0.345 e. The number of aromatic carboxylic acids is 1. The van der Waals surface area contributed by atoms with Gasteiger partial charge in [0.25, 0.3) is 5.91 Å². The van der Waals surface area contributed by atoms with Crippen LogP contribution in [-0.2, 0) is 6.54 Å². The summed E-state index contributed by atoms with van der Waals surface area (Å²) in [7, 11) is 0. The molecule has 0 atom stereocenters. The van der Waals surface area contributed by atoms with Crippen LogP contribution in [0.25, 0.3) is 0 Å². The molecule has 0 bridgehead atoms. The van der Waals surface area contributed by atoms with E-state index in [4.69, 9.17) is 5.11 Å². The molecule has 122 valence electrons. The molecule has 7 nitrogen and oxygen atoms in total. The van der Waals surface area contributed by atoms with Gasteiger partial charge < -0.3 is 10.0 Å². The van der Waals surface area contributed by atoms with Gasteiger partial charge in [-0.2, -0.15) is 15.4 Å². The van der Waals surface area contributed by atoms with Crippen molar-refractivity contribution >= 4 is 23.2 Å². The van der Waals surface area contributed by atoms with Gasteiger partial charge in [0.2, 0.25) is 0 Å². The van der Waals surface area contributed by atoms with Gasteiger partial charge in [0.05, 0.1) is 17.6 Å². The minimum absolute atomic E-state index is 0.127. The molecule has 1 aliphatic carbocycles. The van der Waals surface area contributed by atoms with Crippen LogP contribution in [-0.4, -0.2) is 43.3 Å². The van der Waals surface area contributed by atoms with Gasteiger partial charge >= 0.3 is 5.97 Å². The Balaban J connectivity index is 1.83. The van der Waals surface area contributed by atoms with Crippen molar-refractivity contribution < 1.29 is 14.7 Å². The van der Waals surface area contributed by atoms with Crippen molar-refractivity contribution in [2.24, 2.45) is 0 Å². The average Bonchev–Trinajstić information content (AvgIpc) is 3.24. The van der Waals surface area contributed by atoms with E-state index in [1.807, 2.05) is 4.90 Å². The number of carbonyl (C=O) groups is 2. The standard InChI is InChI=1S/C15H18N4O3S/c20-14(12-6-7-13(23-12)15(21)22)19(9-10-8-16-18-17-10)11-4-2-1-3-5-11/h6-8,11H,1-5,9H2,(H,21,22)(H,16,17,18). The minimum atomic E-state index is -1.00. The van der Waals surface area contributed by atoms with Gasteiger partial charge in [-0.25, -0.2) is 4.79 Å². The molecule has 0 unspecified atom stereocenters. The second-order valence-electron chi connectivity index (χ2n) is 5.66. The summed E-state index contributed by atoms with van der Waals surface area (Å²) in [6, 6.07) is 3.24. The Morgan fingerprint density at radius 2 is 2.00 bits per heavy atom. The molecule has 0 aliphatic heterocycles. The Morgan fingerprint density at radius 3 is 2.61 bits per heavy atom. The number of aromatic nitrogens is 3. The number of rotatable bonds is 5. The van der Waals surface area contributed by atoms with Crippen molar-refractivity contribution in [1.82, 2.24) is 20.3 Å². The molecule has 0 saturated heterocycles. The monoisotopic (exact) mass is 334 g/mol. The minimum Gasteiger partial charge on any atom is -0.477 e.